The molecule has 1 rings (SSSR count). The molecule has 5 nitrogen and oxygen atoms in total. The number of rotatable bonds is 3. The Morgan fingerprint density at radius 2 is 2.06 bits per heavy atom. The first kappa shape index (κ1) is 22.8. The van der Waals surface area contributed by atoms with Crippen LogP contribution >= 0.6 is 0 Å². The molecule has 3 N–H and O–H groups in total. The Kier molecular flexibility index (Phi) is 13.6. The summed E-state index contributed by atoms with van der Waals surface area (Å²) in [4.78, 5) is 0. The second-order valence-corrected chi connectivity index (χ2v) is 4.58. The molecule has 0 saturated heterocycles. The van der Waals surface area contributed by atoms with Gasteiger partial charge in [-0.3, -0.25) is 4.18 Å². The number of hydrogen-bond donors (Lipinski definition) is 2. The molecule has 0 spiro atoms. The molecule has 0 unspecified atom stereocenters. The number of aliphatic hydroxyl groups excluding tert-OH is 1. The van der Waals surface area contributed by atoms with Gasteiger partial charge in [-0.1, -0.05) is 6.92 Å². The van der Waals surface area contributed by atoms with Gasteiger partial charge in [-0.25, -0.2) is 5.14 Å². The van der Waals surface area contributed by atoms with Gasteiger partial charge in [0, 0.05) is 59.9 Å². The van der Waals surface area contributed by atoms with Crippen molar-refractivity contribution in [2.24, 2.45) is 17.0 Å². The van der Waals surface area contributed by atoms with Crippen LogP contribution in [-0.2, 0) is 68.3 Å². The van der Waals surface area contributed by atoms with Crippen molar-refractivity contribution in [3.63, 3.8) is 0 Å². The Bertz CT molecular complexity index is 275. The van der Waals surface area contributed by atoms with E-state index in [4.69, 9.17) is 0 Å². The normalized spacial score (nSPS) is 28.6. The average molecular weight is 496 g/mol. The summed E-state index contributed by atoms with van der Waals surface area (Å²) in [5.41, 5.74) is 0. The third-order valence-electron chi connectivity index (χ3n) is 2.28. The van der Waals surface area contributed by atoms with E-state index in [0.29, 0.717) is 6.42 Å². The second-order valence-electron chi connectivity index (χ2n) is 3.36. The van der Waals surface area contributed by atoms with Gasteiger partial charge in [0.15, 0.2) is 0 Å². The maximum Gasteiger partial charge on any atom is 0.333 e. The molecule has 0 aromatic rings. The van der Waals surface area contributed by atoms with Gasteiger partial charge in [-0.15, -0.1) is 5.92 Å². The molecular formula is C8H17NO4SWY-2. The van der Waals surface area contributed by atoms with Gasteiger partial charge in [-0.05, 0) is 5.92 Å². The van der Waals surface area contributed by atoms with Crippen LogP contribution in [0.4, 0.5) is 0 Å². The molecule has 3 atom stereocenters. The van der Waals surface area contributed by atoms with Crippen LogP contribution in [-0.4, -0.2) is 26.2 Å². The van der Waals surface area contributed by atoms with Gasteiger partial charge in [0.05, 0.1) is 6.61 Å². The van der Waals surface area contributed by atoms with Crippen molar-refractivity contribution in [3.8, 4) is 0 Å². The number of hydrogen-bond acceptors (Lipinski definition) is 4. The molecule has 0 bridgehead atoms. The Morgan fingerprint density at radius 3 is 2.38 bits per heavy atom. The van der Waals surface area contributed by atoms with Crippen molar-refractivity contribution in [3.05, 3.63) is 13.8 Å². The molecule has 0 aromatic carbocycles. The van der Waals surface area contributed by atoms with Crippen LogP contribution in [0.25, 0.3) is 0 Å². The minimum Gasteiger partial charge on any atom is -0.395 e. The quantitative estimate of drug-likeness (QED) is 0.534. The van der Waals surface area contributed by atoms with E-state index in [0.717, 1.165) is 0 Å². The van der Waals surface area contributed by atoms with Gasteiger partial charge in [0.1, 0.15) is 0 Å². The Balaban J connectivity index is -0.000000563. The van der Waals surface area contributed by atoms with E-state index in [1.165, 1.54) is 0 Å². The Morgan fingerprint density at radius 1 is 1.56 bits per heavy atom. The van der Waals surface area contributed by atoms with Crippen LogP contribution in [0.1, 0.15) is 13.3 Å². The average Bonchev–Trinajstić information content (AvgIpc) is 2.29. The maximum atomic E-state index is 10.4. The summed E-state index contributed by atoms with van der Waals surface area (Å²) in [6.45, 7) is 1.84. The van der Waals surface area contributed by atoms with Gasteiger partial charge in [0.25, 0.3) is 0 Å². The molecular weight excluding hydrogens is 479 g/mol. The second kappa shape index (κ2) is 9.54. The van der Waals surface area contributed by atoms with Crippen molar-refractivity contribution < 1.29 is 71.5 Å². The number of aliphatic hydroxyl groups is 1. The van der Waals surface area contributed by atoms with Crippen LogP contribution in [0.5, 0.6) is 0 Å². The fraction of sp³-hybridized carbons (Fsp3) is 0.750. The SMILES string of the molecule is C[C@H]1[CH-]C[C@H](COS(N)(=O)=O)[C@H]1O.[CH3-].[W].[Y]. The van der Waals surface area contributed by atoms with E-state index in [1.807, 2.05) is 13.3 Å². The van der Waals surface area contributed by atoms with Gasteiger partial charge < -0.3 is 19.0 Å². The van der Waals surface area contributed by atoms with Crippen molar-refractivity contribution in [2.75, 3.05) is 6.61 Å². The summed E-state index contributed by atoms with van der Waals surface area (Å²) < 4.78 is 25.3. The predicted molar refractivity (Wildman–Crippen MR) is 53.1 cm³/mol. The van der Waals surface area contributed by atoms with E-state index < -0.39 is 16.4 Å². The van der Waals surface area contributed by atoms with E-state index in [1.54, 1.807) is 0 Å². The molecule has 1 fully saturated rings. The largest absolute Gasteiger partial charge is 0.395 e. The van der Waals surface area contributed by atoms with Crippen molar-refractivity contribution in [1.82, 2.24) is 0 Å². The zero-order chi connectivity index (χ0) is 10.1. The topological polar surface area (TPSA) is 89.6 Å². The summed E-state index contributed by atoms with van der Waals surface area (Å²) in [6, 6.07) is 0. The molecule has 16 heavy (non-hydrogen) atoms. The maximum absolute atomic E-state index is 10.4. The molecule has 0 aromatic heterocycles. The summed E-state index contributed by atoms with van der Waals surface area (Å²) >= 11 is 0. The molecule has 1 aliphatic rings. The molecule has 1 radical (unpaired) electrons. The van der Waals surface area contributed by atoms with Gasteiger partial charge in [0.2, 0.25) is 0 Å². The summed E-state index contributed by atoms with van der Waals surface area (Å²) in [7, 11) is -3.88. The van der Waals surface area contributed by atoms with Crippen molar-refractivity contribution in [2.45, 2.75) is 19.4 Å². The fourth-order valence-electron chi connectivity index (χ4n) is 1.45. The molecule has 0 aliphatic heterocycles. The first-order valence-electron chi connectivity index (χ1n) is 4.08. The Hall–Kier alpha value is 1.62. The fourth-order valence-corrected chi connectivity index (χ4v) is 1.81. The van der Waals surface area contributed by atoms with E-state index in [9.17, 15) is 13.5 Å². The monoisotopic (exact) mass is 496 g/mol. The Labute approximate surface area is 137 Å². The van der Waals surface area contributed by atoms with Gasteiger partial charge in [-0.2, -0.15) is 14.8 Å². The molecule has 8 heteroatoms. The molecule has 1 saturated carbocycles. The van der Waals surface area contributed by atoms with Crippen LogP contribution in [0.3, 0.4) is 0 Å². The van der Waals surface area contributed by atoms with E-state index in [-0.39, 0.29) is 79.6 Å². The summed E-state index contributed by atoms with van der Waals surface area (Å²) in [5, 5.41) is 14.2. The van der Waals surface area contributed by atoms with E-state index >= 15 is 0 Å². The first-order chi connectivity index (χ1) is 5.90. The zero-order valence-electron chi connectivity index (χ0n) is 9.37. The number of nitrogens with two attached hydrogens (primary N) is 1. The zero-order valence-corrected chi connectivity index (χ0v) is 16.0. The van der Waals surface area contributed by atoms with Crippen LogP contribution in [0.2, 0.25) is 0 Å². The van der Waals surface area contributed by atoms with Gasteiger partial charge >= 0.3 is 10.3 Å². The molecule has 1 aliphatic carbocycles. The summed E-state index contributed by atoms with van der Waals surface area (Å²) in [5.74, 6) is -0.0672. The minimum absolute atomic E-state index is 0. The first-order valence-corrected chi connectivity index (χ1v) is 5.56. The van der Waals surface area contributed by atoms with Crippen molar-refractivity contribution >= 4 is 10.3 Å². The third-order valence-corrected chi connectivity index (χ3v) is 2.74. The molecule has 0 amide bonds. The smallest absolute Gasteiger partial charge is 0.333 e. The van der Waals surface area contributed by atoms with Crippen LogP contribution < -0.4 is 5.14 Å². The third kappa shape index (κ3) is 7.85. The minimum atomic E-state index is -3.88. The molecule has 95 valence electrons. The van der Waals surface area contributed by atoms with Crippen LogP contribution in [0.15, 0.2) is 0 Å². The van der Waals surface area contributed by atoms with Crippen LogP contribution in [0, 0.1) is 25.7 Å². The standard InChI is InChI=1S/C7H14NO4S.CH3.W.Y/c1-5-2-3-6(7(5)9)4-12-13(8,10)11;;;/h2,5-7,9H,3-4H2,1H3,(H2,8,10,11);1H3;;/q2*-1;;/t5-,6+,7-;;;/m0.../s1. The van der Waals surface area contributed by atoms with E-state index in [2.05, 4.69) is 9.32 Å². The predicted octanol–water partition coefficient (Wildman–Crippen LogP) is -0.127. The molecule has 0 heterocycles. The summed E-state index contributed by atoms with van der Waals surface area (Å²) in [6.07, 6.45) is 2.08. The van der Waals surface area contributed by atoms with Crippen molar-refractivity contribution in [1.29, 1.82) is 0 Å².